The maximum Gasteiger partial charge on any atom is 0.0820 e. The zero-order chi connectivity index (χ0) is 9.97. The fourth-order valence-electron chi connectivity index (χ4n) is 2.05. The van der Waals surface area contributed by atoms with E-state index in [2.05, 4.69) is 17.2 Å². The Kier molecular flexibility index (Phi) is 2.92. The van der Waals surface area contributed by atoms with Gasteiger partial charge in [0, 0.05) is 18.4 Å². The monoisotopic (exact) mass is 210 g/mol. The van der Waals surface area contributed by atoms with Crippen LogP contribution in [0.4, 0.5) is 5.69 Å². The molecule has 2 nitrogen and oxygen atoms in total. The number of halogens is 1. The molecule has 2 rings (SSSR count). The Morgan fingerprint density at radius 2 is 2.36 bits per heavy atom. The van der Waals surface area contributed by atoms with Gasteiger partial charge in [-0.15, -0.1) is 0 Å². The first kappa shape index (κ1) is 9.78. The normalized spacial score (nSPS) is 26.4. The van der Waals surface area contributed by atoms with Gasteiger partial charge >= 0.3 is 0 Å². The molecule has 2 unspecified atom stereocenters. The summed E-state index contributed by atoms with van der Waals surface area (Å²) < 4.78 is 0. The molecule has 0 aromatic carbocycles. The van der Waals surface area contributed by atoms with Gasteiger partial charge in [-0.3, -0.25) is 4.98 Å². The van der Waals surface area contributed by atoms with Crippen LogP contribution in [0.5, 0.6) is 0 Å². The second kappa shape index (κ2) is 4.18. The summed E-state index contributed by atoms with van der Waals surface area (Å²) in [4.78, 5) is 3.97. The average molecular weight is 211 g/mol. The van der Waals surface area contributed by atoms with Gasteiger partial charge in [0.1, 0.15) is 0 Å². The van der Waals surface area contributed by atoms with Crippen LogP contribution in [-0.4, -0.2) is 11.0 Å². The van der Waals surface area contributed by atoms with Crippen molar-refractivity contribution in [2.24, 2.45) is 5.92 Å². The third-order valence-corrected chi connectivity index (χ3v) is 3.28. The van der Waals surface area contributed by atoms with E-state index in [1.165, 1.54) is 19.3 Å². The zero-order valence-electron chi connectivity index (χ0n) is 8.33. The van der Waals surface area contributed by atoms with E-state index in [-0.39, 0.29) is 0 Å². The van der Waals surface area contributed by atoms with Crippen molar-refractivity contribution in [1.82, 2.24) is 4.98 Å². The molecule has 0 saturated heterocycles. The smallest absolute Gasteiger partial charge is 0.0820 e. The summed E-state index contributed by atoms with van der Waals surface area (Å²) >= 11 is 6.03. The van der Waals surface area contributed by atoms with Gasteiger partial charge in [-0.25, -0.2) is 0 Å². The molecule has 1 fully saturated rings. The van der Waals surface area contributed by atoms with Crippen LogP contribution in [0.3, 0.4) is 0 Å². The van der Waals surface area contributed by atoms with Gasteiger partial charge in [0.2, 0.25) is 0 Å². The number of rotatable bonds is 2. The molecular weight excluding hydrogens is 196 g/mol. The Morgan fingerprint density at radius 3 is 3.00 bits per heavy atom. The van der Waals surface area contributed by atoms with Crippen LogP contribution >= 0.6 is 11.6 Å². The number of hydrogen-bond donors (Lipinski definition) is 1. The van der Waals surface area contributed by atoms with Gasteiger partial charge < -0.3 is 5.32 Å². The Balaban J connectivity index is 2.07. The fraction of sp³-hybridized carbons (Fsp3) is 0.545. The van der Waals surface area contributed by atoms with Crippen molar-refractivity contribution in [3.63, 3.8) is 0 Å². The van der Waals surface area contributed by atoms with E-state index in [0.29, 0.717) is 11.1 Å². The van der Waals surface area contributed by atoms with Crippen molar-refractivity contribution >= 4 is 17.3 Å². The van der Waals surface area contributed by atoms with Crippen molar-refractivity contribution < 1.29 is 0 Å². The first-order chi connectivity index (χ1) is 6.77. The molecule has 0 amide bonds. The van der Waals surface area contributed by atoms with Gasteiger partial charge in [-0.1, -0.05) is 24.9 Å². The van der Waals surface area contributed by atoms with E-state index in [1.807, 2.05) is 6.07 Å². The topological polar surface area (TPSA) is 24.9 Å². The van der Waals surface area contributed by atoms with Crippen molar-refractivity contribution in [1.29, 1.82) is 0 Å². The SMILES string of the molecule is CC1CCCC1Nc1ccncc1Cl. The molecule has 1 aromatic heterocycles. The molecule has 0 spiro atoms. The van der Waals surface area contributed by atoms with Gasteiger partial charge in [0.05, 0.1) is 10.7 Å². The maximum absolute atomic E-state index is 6.03. The number of anilines is 1. The quantitative estimate of drug-likeness (QED) is 0.810. The first-order valence-electron chi connectivity index (χ1n) is 5.13. The van der Waals surface area contributed by atoms with Gasteiger partial charge in [-0.05, 0) is 24.8 Å². The standard InChI is InChI=1S/C11H15ClN2/c1-8-3-2-4-10(8)14-11-5-6-13-7-9(11)12/h5-8,10H,2-4H2,1H3,(H,13,14). The summed E-state index contributed by atoms with van der Waals surface area (Å²) in [5.41, 5.74) is 1.01. The first-order valence-corrected chi connectivity index (χ1v) is 5.51. The second-order valence-electron chi connectivity index (χ2n) is 4.01. The van der Waals surface area contributed by atoms with Crippen LogP contribution in [0.2, 0.25) is 5.02 Å². The molecule has 0 radical (unpaired) electrons. The number of nitrogens with one attached hydrogen (secondary N) is 1. The Morgan fingerprint density at radius 1 is 1.50 bits per heavy atom. The Hall–Kier alpha value is -0.760. The Bertz CT molecular complexity index is 314. The highest BCUT2D eigenvalue weighted by Gasteiger charge is 2.23. The molecule has 1 aliphatic rings. The summed E-state index contributed by atoms with van der Waals surface area (Å²) in [6.45, 7) is 2.29. The van der Waals surface area contributed by atoms with Crippen molar-refractivity contribution in [2.75, 3.05) is 5.32 Å². The zero-order valence-corrected chi connectivity index (χ0v) is 9.09. The summed E-state index contributed by atoms with van der Waals surface area (Å²) in [7, 11) is 0. The summed E-state index contributed by atoms with van der Waals surface area (Å²) in [6, 6.07) is 2.52. The molecule has 0 aliphatic heterocycles. The highest BCUT2D eigenvalue weighted by molar-refractivity contribution is 6.33. The highest BCUT2D eigenvalue weighted by Crippen LogP contribution is 2.30. The summed E-state index contributed by atoms with van der Waals surface area (Å²) in [6.07, 6.45) is 7.35. The minimum atomic E-state index is 0.579. The van der Waals surface area contributed by atoms with E-state index >= 15 is 0 Å². The molecule has 1 N–H and O–H groups in total. The molecule has 3 heteroatoms. The molecule has 1 saturated carbocycles. The minimum absolute atomic E-state index is 0.579. The number of nitrogens with zero attached hydrogens (tertiary/aromatic N) is 1. The number of pyridine rings is 1. The van der Waals surface area contributed by atoms with Crippen LogP contribution in [0.25, 0.3) is 0 Å². The van der Waals surface area contributed by atoms with Crippen LogP contribution in [0.15, 0.2) is 18.5 Å². The molecule has 2 atom stereocenters. The fourth-order valence-corrected chi connectivity index (χ4v) is 2.23. The lowest BCUT2D eigenvalue weighted by Gasteiger charge is -2.19. The largest absolute Gasteiger partial charge is 0.381 e. The second-order valence-corrected chi connectivity index (χ2v) is 4.42. The van der Waals surface area contributed by atoms with E-state index in [9.17, 15) is 0 Å². The summed E-state index contributed by atoms with van der Waals surface area (Å²) in [5.74, 6) is 0.749. The number of hydrogen-bond acceptors (Lipinski definition) is 2. The molecule has 0 bridgehead atoms. The highest BCUT2D eigenvalue weighted by atomic mass is 35.5. The lowest BCUT2D eigenvalue weighted by atomic mass is 10.1. The Labute approximate surface area is 89.7 Å². The molecule has 76 valence electrons. The predicted molar refractivity (Wildman–Crippen MR) is 59.7 cm³/mol. The summed E-state index contributed by atoms with van der Waals surface area (Å²) in [5, 5.41) is 4.20. The molecule has 1 aromatic rings. The van der Waals surface area contributed by atoms with Gasteiger partial charge in [-0.2, -0.15) is 0 Å². The lowest BCUT2D eigenvalue weighted by Crippen LogP contribution is -2.21. The van der Waals surface area contributed by atoms with Crippen LogP contribution in [-0.2, 0) is 0 Å². The molecule has 1 heterocycles. The van der Waals surface area contributed by atoms with Gasteiger partial charge in [0.25, 0.3) is 0 Å². The number of aromatic nitrogens is 1. The molecule has 1 aliphatic carbocycles. The van der Waals surface area contributed by atoms with E-state index in [0.717, 1.165) is 11.6 Å². The van der Waals surface area contributed by atoms with Crippen LogP contribution < -0.4 is 5.32 Å². The van der Waals surface area contributed by atoms with Crippen molar-refractivity contribution in [3.05, 3.63) is 23.5 Å². The third-order valence-electron chi connectivity index (χ3n) is 2.97. The third kappa shape index (κ3) is 2.01. The lowest BCUT2D eigenvalue weighted by molar-refractivity contribution is 0.556. The van der Waals surface area contributed by atoms with E-state index in [1.54, 1.807) is 12.4 Å². The van der Waals surface area contributed by atoms with E-state index < -0.39 is 0 Å². The van der Waals surface area contributed by atoms with Crippen molar-refractivity contribution in [3.8, 4) is 0 Å². The average Bonchev–Trinajstić information content (AvgIpc) is 2.56. The van der Waals surface area contributed by atoms with Gasteiger partial charge in [0.15, 0.2) is 0 Å². The molecular formula is C11H15ClN2. The molecule has 14 heavy (non-hydrogen) atoms. The predicted octanol–water partition coefficient (Wildman–Crippen LogP) is 3.34. The van der Waals surface area contributed by atoms with Crippen LogP contribution in [0.1, 0.15) is 26.2 Å². The van der Waals surface area contributed by atoms with E-state index in [4.69, 9.17) is 11.6 Å². The van der Waals surface area contributed by atoms with Crippen molar-refractivity contribution in [2.45, 2.75) is 32.2 Å². The van der Waals surface area contributed by atoms with Crippen LogP contribution in [0, 0.1) is 5.92 Å². The minimum Gasteiger partial charge on any atom is -0.381 e. The maximum atomic E-state index is 6.03.